The lowest BCUT2D eigenvalue weighted by Crippen LogP contribution is -2.42. The normalized spacial score (nSPS) is 10.9. The van der Waals surface area contributed by atoms with Crippen LogP contribution in [0.3, 0.4) is 0 Å². The van der Waals surface area contributed by atoms with Crippen molar-refractivity contribution in [2.24, 2.45) is 5.16 Å². The van der Waals surface area contributed by atoms with Crippen molar-refractivity contribution in [3.63, 3.8) is 0 Å². The lowest BCUT2D eigenvalue weighted by atomic mass is 10.0. The Morgan fingerprint density at radius 3 is 2.55 bits per heavy atom. The summed E-state index contributed by atoms with van der Waals surface area (Å²) < 4.78 is 0. The van der Waals surface area contributed by atoms with Gasteiger partial charge in [0.05, 0.1) is 6.61 Å². The van der Waals surface area contributed by atoms with Crippen molar-refractivity contribution in [3.8, 4) is 0 Å². The van der Waals surface area contributed by atoms with Gasteiger partial charge in [0.2, 0.25) is 0 Å². The second kappa shape index (κ2) is 7.25. The van der Waals surface area contributed by atoms with Gasteiger partial charge in [0.15, 0.2) is 5.71 Å². The molecule has 0 aromatic heterocycles. The van der Waals surface area contributed by atoms with Gasteiger partial charge in [-0.05, 0) is 5.56 Å². The van der Waals surface area contributed by atoms with Crippen LogP contribution in [0.1, 0.15) is 11.1 Å². The second-order valence-electron chi connectivity index (χ2n) is 4.09. The molecule has 0 atom stereocenters. The van der Waals surface area contributed by atoms with E-state index < -0.39 is 11.9 Å². The molecule has 20 heavy (non-hydrogen) atoms. The van der Waals surface area contributed by atoms with Crippen molar-refractivity contribution in [1.29, 1.82) is 0 Å². The second-order valence-corrected chi connectivity index (χ2v) is 4.09. The zero-order valence-electron chi connectivity index (χ0n) is 11.6. The molecule has 7 heteroatoms. The van der Waals surface area contributed by atoms with Crippen molar-refractivity contribution >= 4 is 17.6 Å². The third kappa shape index (κ3) is 3.79. The minimum absolute atomic E-state index is 0.0765. The van der Waals surface area contributed by atoms with E-state index in [0.29, 0.717) is 11.1 Å². The summed E-state index contributed by atoms with van der Waals surface area (Å²) in [5, 5.41) is 15.1. The number of benzene rings is 1. The van der Waals surface area contributed by atoms with Crippen LogP contribution in [-0.4, -0.2) is 48.9 Å². The van der Waals surface area contributed by atoms with Crippen LogP contribution < -0.4 is 5.32 Å². The van der Waals surface area contributed by atoms with Crippen molar-refractivity contribution < 1.29 is 19.5 Å². The maximum Gasteiger partial charge on any atom is 0.323 e. The molecule has 0 saturated carbocycles. The smallest absolute Gasteiger partial charge is 0.323 e. The standard InChI is InChI=1S/C13H17N3O4/c1-16(2)13(19)14-12(18)11(15-20-3)10-7-5-4-6-9(10)8-17/h4-7,17H,8H2,1-3H3,(H,14,18,19)/b15-11+. The van der Waals surface area contributed by atoms with E-state index >= 15 is 0 Å². The molecule has 0 bridgehead atoms. The van der Waals surface area contributed by atoms with Gasteiger partial charge in [-0.25, -0.2) is 4.79 Å². The van der Waals surface area contributed by atoms with Gasteiger partial charge < -0.3 is 14.8 Å². The van der Waals surface area contributed by atoms with Crippen LogP contribution in [0, 0.1) is 0 Å². The van der Waals surface area contributed by atoms with Gasteiger partial charge >= 0.3 is 6.03 Å². The highest BCUT2D eigenvalue weighted by molar-refractivity contribution is 6.47. The number of carbonyl (C=O) groups excluding carboxylic acids is 2. The van der Waals surface area contributed by atoms with Crippen LogP contribution in [-0.2, 0) is 16.2 Å². The summed E-state index contributed by atoms with van der Waals surface area (Å²) in [5.41, 5.74) is 0.837. The number of nitrogens with one attached hydrogen (secondary N) is 1. The maximum absolute atomic E-state index is 12.1. The summed E-state index contributed by atoms with van der Waals surface area (Å²) in [4.78, 5) is 29.4. The van der Waals surface area contributed by atoms with E-state index in [-0.39, 0.29) is 12.3 Å². The number of carbonyl (C=O) groups is 2. The molecule has 1 rings (SSSR count). The van der Waals surface area contributed by atoms with Gasteiger partial charge in [-0.15, -0.1) is 0 Å². The van der Waals surface area contributed by atoms with E-state index in [4.69, 9.17) is 0 Å². The number of aliphatic hydroxyl groups is 1. The van der Waals surface area contributed by atoms with E-state index in [1.165, 1.54) is 26.1 Å². The molecule has 2 N–H and O–H groups in total. The molecule has 0 heterocycles. The Bertz CT molecular complexity index is 526. The molecular weight excluding hydrogens is 262 g/mol. The Hall–Kier alpha value is -2.41. The van der Waals surface area contributed by atoms with Crippen LogP contribution in [0.2, 0.25) is 0 Å². The summed E-state index contributed by atoms with van der Waals surface area (Å²) in [6.45, 7) is -0.256. The fraction of sp³-hybridized carbons (Fsp3) is 0.308. The third-order valence-electron chi connectivity index (χ3n) is 2.47. The summed E-state index contributed by atoms with van der Waals surface area (Å²) in [6, 6.07) is 6.12. The Balaban J connectivity index is 3.09. The molecule has 0 spiro atoms. The Kier molecular flexibility index (Phi) is 5.67. The van der Waals surface area contributed by atoms with E-state index in [2.05, 4.69) is 15.3 Å². The van der Waals surface area contributed by atoms with Crippen LogP contribution >= 0.6 is 0 Å². The Labute approximate surface area is 116 Å². The molecule has 7 nitrogen and oxygen atoms in total. The first-order valence-corrected chi connectivity index (χ1v) is 5.84. The zero-order chi connectivity index (χ0) is 15.1. The van der Waals surface area contributed by atoms with Crippen LogP contribution in [0.25, 0.3) is 0 Å². The molecule has 0 fully saturated rings. The fourth-order valence-electron chi connectivity index (χ4n) is 1.46. The average Bonchev–Trinajstić information content (AvgIpc) is 2.44. The molecule has 0 radical (unpaired) electrons. The molecule has 0 aliphatic rings. The minimum atomic E-state index is -0.702. The number of urea groups is 1. The predicted molar refractivity (Wildman–Crippen MR) is 73.1 cm³/mol. The summed E-state index contributed by atoms with van der Waals surface area (Å²) in [7, 11) is 4.32. The van der Waals surface area contributed by atoms with E-state index in [1.54, 1.807) is 24.3 Å². The number of rotatable bonds is 4. The predicted octanol–water partition coefficient (Wildman–Crippen LogP) is 0.327. The van der Waals surface area contributed by atoms with Gasteiger partial charge in [0.25, 0.3) is 5.91 Å². The minimum Gasteiger partial charge on any atom is -0.398 e. The maximum atomic E-state index is 12.1. The lowest BCUT2D eigenvalue weighted by Gasteiger charge is -2.13. The van der Waals surface area contributed by atoms with Crippen molar-refractivity contribution in [2.45, 2.75) is 6.61 Å². The molecule has 0 aliphatic heterocycles. The number of hydrogen-bond donors (Lipinski definition) is 2. The highest BCUT2D eigenvalue weighted by Gasteiger charge is 2.20. The van der Waals surface area contributed by atoms with Gasteiger partial charge in [-0.3, -0.25) is 10.1 Å². The number of amides is 3. The first-order chi connectivity index (χ1) is 9.51. The third-order valence-corrected chi connectivity index (χ3v) is 2.47. The monoisotopic (exact) mass is 279 g/mol. The Morgan fingerprint density at radius 1 is 1.35 bits per heavy atom. The number of nitrogens with zero attached hydrogens (tertiary/aromatic N) is 2. The zero-order valence-corrected chi connectivity index (χ0v) is 11.6. The number of imide groups is 1. The van der Waals surface area contributed by atoms with Crippen LogP contribution in [0.4, 0.5) is 4.79 Å². The summed E-state index contributed by atoms with van der Waals surface area (Å²) >= 11 is 0. The molecule has 0 unspecified atom stereocenters. The summed E-state index contributed by atoms with van der Waals surface area (Å²) in [5.74, 6) is -0.702. The van der Waals surface area contributed by atoms with Gasteiger partial charge in [0, 0.05) is 19.7 Å². The first-order valence-electron chi connectivity index (χ1n) is 5.84. The topological polar surface area (TPSA) is 91.2 Å². The SMILES string of the molecule is CO/N=C(/C(=O)NC(=O)N(C)C)c1ccccc1CO. The first kappa shape index (κ1) is 15.6. The lowest BCUT2D eigenvalue weighted by molar-refractivity contribution is -0.114. The largest absolute Gasteiger partial charge is 0.398 e. The van der Waals surface area contributed by atoms with E-state index in [0.717, 1.165) is 0 Å². The number of hydrogen-bond acceptors (Lipinski definition) is 5. The van der Waals surface area contributed by atoms with Gasteiger partial charge in [-0.1, -0.05) is 29.4 Å². The number of aliphatic hydroxyl groups excluding tert-OH is 1. The molecule has 3 amide bonds. The molecule has 0 aliphatic carbocycles. The average molecular weight is 279 g/mol. The van der Waals surface area contributed by atoms with E-state index in [1.807, 2.05) is 0 Å². The van der Waals surface area contributed by atoms with E-state index in [9.17, 15) is 14.7 Å². The molecule has 0 saturated heterocycles. The molecule has 108 valence electrons. The van der Waals surface area contributed by atoms with Crippen molar-refractivity contribution in [3.05, 3.63) is 35.4 Å². The van der Waals surface area contributed by atoms with Gasteiger partial charge in [-0.2, -0.15) is 0 Å². The molecule has 1 aromatic carbocycles. The van der Waals surface area contributed by atoms with Crippen molar-refractivity contribution in [1.82, 2.24) is 10.2 Å². The van der Waals surface area contributed by atoms with Gasteiger partial charge in [0.1, 0.15) is 7.11 Å². The molecule has 1 aromatic rings. The summed E-state index contributed by atoms with van der Waals surface area (Å²) in [6.07, 6.45) is 0. The van der Waals surface area contributed by atoms with Crippen LogP contribution in [0.5, 0.6) is 0 Å². The Morgan fingerprint density at radius 2 is 2.00 bits per heavy atom. The molecular formula is C13H17N3O4. The highest BCUT2D eigenvalue weighted by Crippen LogP contribution is 2.11. The quantitative estimate of drug-likeness (QED) is 0.613. The van der Waals surface area contributed by atoms with Crippen molar-refractivity contribution in [2.75, 3.05) is 21.2 Å². The fourth-order valence-corrected chi connectivity index (χ4v) is 1.46. The number of oxime groups is 1. The highest BCUT2D eigenvalue weighted by atomic mass is 16.6. The van der Waals surface area contributed by atoms with Crippen LogP contribution in [0.15, 0.2) is 29.4 Å².